The van der Waals surface area contributed by atoms with Gasteiger partial charge in [-0.1, -0.05) is 18.2 Å². The second kappa shape index (κ2) is 12.6. The monoisotopic (exact) mass is 571 g/mol. The van der Waals surface area contributed by atoms with Crippen molar-refractivity contribution in [1.82, 2.24) is 15.2 Å². The Bertz CT molecular complexity index is 1590. The van der Waals surface area contributed by atoms with Gasteiger partial charge in [-0.2, -0.15) is 10.2 Å². The Kier molecular flexibility index (Phi) is 8.54. The van der Waals surface area contributed by atoms with E-state index >= 15 is 0 Å². The largest absolute Gasteiger partial charge is 0.497 e. The predicted molar refractivity (Wildman–Crippen MR) is 157 cm³/mol. The van der Waals surface area contributed by atoms with Crippen molar-refractivity contribution in [2.45, 2.75) is 32.6 Å². The lowest BCUT2D eigenvalue weighted by Gasteiger charge is -2.12. The number of carbonyl (C=O) groups is 3. The van der Waals surface area contributed by atoms with Crippen molar-refractivity contribution < 1.29 is 23.9 Å². The molecule has 0 atom stereocenters. The van der Waals surface area contributed by atoms with Crippen LogP contribution >= 0.6 is 11.3 Å². The fourth-order valence-corrected chi connectivity index (χ4v) is 5.88. The van der Waals surface area contributed by atoms with Gasteiger partial charge in [0.1, 0.15) is 16.4 Å². The summed E-state index contributed by atoms with van der Waals surface area (Å²) >= 11 is 1.31. The average Bonchev–Trinajstić information content (AvgIpc) is 3.59. The number of nitrogens with one attached hydrogen (secondary N) is 2. The van der Waals surface area contributed by atoms with Gasteiger partial charge in [-0.3, -0.25) is 9.59 Å². The number of aromatic nitrogens is 2. The number of rotatable bonds is 8. The molecule has 0 radical (unpaired) electrons. The summed E-state index contributed by atoms with van der Waals surface area (Å²) in [5.74, 6) is -1.69. The lowest BCUT2D eigenvalue weighted by atomic mass is 9.95. The van der Waals surface area contributed by atoms with E-state index in [-0.39, 0.29) is 6.61 Å². The Morgan fingerprint density at radius 2 is 1.80 bits per heavy atom. The molecule has 0 saturated heterocycles. The summed E-state index contributed by atoms with van der Waals surface area (Å²) in [7, 11) is 1.60. The molecule has 210 valence electrons. The lowest BCUT2D eigenvalue weighted by molar-refractivity contribution is -0.136. The quantitative estimate of drug-likeness (QED) is 0.136. The maximum Gasteiger partial charge on any atom is 0.341 e. The highest BCUT2D eigenvalue weighted by Crippen LogP contribution is 2.38. The average molecular weight is 572 g/mol. The van der Waals surface area contributed by atoms with Gasteiger partial charge in [0.15, 0.2) is 0 Å². The van der Waals surface area contributed by atoms with Gasteiger partial charge in [0.25, 0.3) is 0 Å². The zero-order valence-corrected chi connectivity index (χ0v) is 23.5. The number of para-hydroxylation sites is 1. The van der Waals surface area contributed by atoms with E-state index in [1.54, 1.807) is 24.9 Å². The normalized spacial score (nSPS) is 12.5. The molecule has 1 aliphatic carbocycles. The minimum atomic E-state index is -0.969. The van der Waals surface area contributed by atoms with Crippen LogP contribution in [0.1, 0.15) is 46.1 Å². The van der Waals surface area contributed by atoms with Gasteiger partial charge in [-0.15, -0.1) is 11.3 Å². The number of hydrogen-bond donors (Lipinski definition) is 2. The number of thiophene rings is 1. The highest BCUT2D eigenvalue weighted by molar-refractivity contribution is 7.17. The first-order valence-corrected chi connectivity index (χ1v) is 14.1. The maximum absolute atomic E-state index is 12.8. The number of methoxy groups -OCH3 is 1. The molecule has 2 aromatic carbocycles. The minimum absolute atomic E-state index is 0.214. The molecule has 0 spiro atoms. The van der Waals surface area contributed by atoms with Crippen LogP contribution in [0, 0.1) is 0 Å². The number of aryl methyl sites for hydroxylation is 1. The van der Waals surface area contributed by atoms with Gasteiger partial charge < -0.3 is 14.8 Å². The number of carbonyl (C=O) groups excluding carboxylic acids is 3. The summed E-state index contributed by atoms with van der Waals surface area (Å²) in [6, 6.07) is 17.0. The third-order valence-corrected chi connectivity index (χ3v) is 7.79. The Morgan fingerprint density at radius 1 is 1.05 bits per heavy atom. The van der Waals surface area contributed by atoms with Crippen LogP contribution in [0.15, 0.2) is 65.9 Å². The summed E-state index contributed by atoms with van der Waals surface area (Å²) < 4.78 is 12.2. The molecule has 0 saturated carbocycles. The Morgan fingerprint density at radius 3 is 2.54 bits per heavy atom. The molecule has 2 heterocycles. The van der Waals surface area contributed by atoms with Crippen LogP contribution in [0.5, 0.6) is 5.75 Å². The second-order valence-corrected chi connectivity index (χ2v) is 10.3. The van der Waals surface area contributed by atoms with Crippen LogP contribution in [0.25, 0.3) is 16.9 Å². The zero-order chi connectivity index (χ0) is 28.8. The molecule has 0 bridgehead atoms. The van der Waals surface area contributed by atoms with E-state index in [0.29, 0.717) is 27.6 Å². The van der Waals surface area contributed by atoms with Crippen molar-refractivity contribution in [3.05, 3.63) is 82.4 Å². The van der Waals surface area contributed by atoms with Crippen LogP contribution < -0.4 is 15.5 Å². The van der Waals surface area contributed by atoms with Gasteiger partial charge >= 0.3 is 17.8 Å². The zero-order valence-electron chi connectivity index (χ0n) is 22.7. The third kappa shape index (κ3) is 6.20. The number of ether oxygens (including phenoxy) is 2. The number of fused-ring (bicyclic) bond motifs is 1. The van der Waals surface area contributed by atoms with Crippen molar-refractivity contribution in [1.29, 1.82) is 0 Å². The molecule has 2 N–H and O–H groups in total. The first-order chi connectivity index (χ1) is 20.0. The van der Waals surface area contributed by atoms with Crippen molar-refractivity contribution >= 4 is 40.3 Å². The smallest absolute Gasteiger partial charge is 0.341 e. The predicted octanol–water partition coefficient (Wildman–Crippen LogP) is 4.75. The maximum atomic E-state index is 12.8. The topological polar surface area (TPSA) is 124 Å². The van der Waals surface area contributed by atoms with E-state index in [0.717, 1.165) is 47.4 Å². The standard InChI is InChI=1S/C30H29N5O5S/c1-3-40-30(38)25-23-11-7-8-12-24(23)41-29(25)32-27(36)28(37)33-31-17-20-18-35(21-9-5-4-6-10-21)34-26(20)19-13-15-22(39-2)16-14-19/h4-6,9-10,13-18H,3,7-8,11-12H2,1-2H3,(H,32,36)(H,33,37). The molecule has 0 unspecified atom stereocenters. The van der Waals surface area contributed by atoms with Gasteiger partial charge in [0.05, 0.1) is 31.2 Å². The molecule has 5 rings (SSSR count). The SMILES string of the molecule is CCOC(=O)c1c(NC(=O)C(=O)NN=Cc2cn(-c3ccccc3)nc2-c2ccc(OC)cc2)sc2c1CCCC2. The number of hydrogen-bond acceptors (Lipinski definition) is 8. The van der Waals surface area contributed by atoms with Crippen molar-refractivity contribution in [3.8, 4) is 22.7 Å². The Labute approximate surface area is 241 Å². The van der Waals surface area contributed by atoms with E-state index in [1.165, 1.54) is 17.6 Å². The number of esters is 1. The fourth-order valence-electron chi connectivity index (χ4n) is 4.61. The molecular weight excluding hydrogens is 542 g/mol. The fraction of sp³-hybridized carbons (Fsp3) is 0.233. The summed E-state index contributed by atoms with van der Waals surface area (Å²) in [6.45, 7) is 1.94. The van der Waals surface area contributed by atoms with E-state index in [1.807, 2.05) is 54.6 Å². The van der Waals surface area contributed by atoms with Crippen LogP contribution in [-0.4, -0.2) is 47.5 Å². The number of benzene rings is 2. The molecule has 0 aliphatic heterocycles. The minimum Gasteiger partial charge on any atom is -0.497 e. The number of nitrogens with zero attached hydrogens (tertiary/aromatic N) is 3. The van der Waals surface area contributed by atoms with Gasteiger partial charge in [0.2, 0.25) is 0 Å². The molecule has 41 heavy (non-hydrogen) atoms. The molecule has 4 aromatic rings. The van der Waals surface area contributed by atoms with Crippen molar-refractivity contribution in [2.24, 2.45) is 5.10 Å². The van der Waals surface area contributed by atoms with Crippen LogP contribution in [0.2, 0.25) is 0 Å². The molecule has 10 nitrogen and oxygen atoms in total. The van der Waals surface area contributed by atoms with Crippen molar-refractivity contribution in [3.63, 3.8) is 0 Å². The van der Waals surface area contributed by atoms with Crippen LogP contribution in [0.3, 0.4) is 0 Å². The molecular formula is C30H29N5O5S. The molecule has 11 heteroatoms. The molecule has 2 amide bonds. The first kappa shape index (κ1) is 27.8. The third-order valence-electron chi connectivity index (χ3n) is 6.58. The molecule has 0 fully saturated rings. The van der Waals surface area contributed by atoms with Crippen LogP contribution in [-0.2, 0) is 27.2 Å². The number of amides is 2. The first-order valence-electron chi connectivity index (χ1n) is 13.2. The summed E-state index contributed by atoms with van der Waals surface area (Å²) in [4.78, 5) is 39.1. The van der Waals surface area contributed by atoms with Crippen LogP contribution in [0.4, 0.5) is 5.00 Å². The van der Waals surface area contributed by atoms with Gasteiger partial charge in [0, 0.05) is 22.2 Å². The van der Waals surface area contributed by atoms with Gasteiger partial charge in [-0.05, 0) is 74.6 Å². The highest BCUT2D eigenvalue weighted by Gasteiger charge is 2.28. The van der Waals surface area contributed by atoms with E-state index in [2.05, 4.69) is 15.8 Å². The summed E-state index contributed by atoms with van der Waals surface area (Å²) in [5, 5.41) is 11.7. The Balaban J connectivity index is 1.34. The van der Waals surface area contributed by atoms with E-state index in [9.17, 15) is 14.4 Å². The molecule has 2 aromatic heterocycles. The lowest BCUT2D eigenvalue weighted by Crippen LogP contribution is -2.32. The van der Waals surface area contributed by atoms with Crippen molar-refractivity contribution in [2.75, 3.05) is 19.0 Å². The second-order valence-electron chi connectivity index (χ2n) is 9.23. The molecule has 1 aliphatic rings. The number of hydrazone groups is 1. The number of anilines is 1. The van der Waals surface area contributed by atoms with Gasteiger partial charge in [-0.25, -0.2) is 14.9 Å². The van der Waals surface area contributed by atoms with E-state index < -0.39 is 17.8 Å². The highest BCUT2D eigenvalue weighted by atomic mass is 32.1. The summed E-state index contributed by atoms with van der Waals surface area (Å²) in [6.07, 6.45) is 6.75. The van der Waals surface area contributed by atoms with E-state index in [4.69, 9.17) is 14.6 Å². The Hall–Kier alpha value is -4.77. The summed E-state index contributed by atoms with van der Waals surface area (Å²) in [5.41, 5.74) is 6.44.